The molecular formula is C32H46N8O2S. The molecule has 5 rings (SSSR count). The van der Waals surface area contributed by atoms with Gasteiger partial charge >= 0.3 is 5.97 Å². The molecule has 3 fully saturated rings. The van der Waals surface area contributed by atoms with E-state index in [0.717, 1.165) is 92.6 Å². The Morgan fingerprint density at radius 2 is 1.98 bits per heavy atom. The van der Waals surface area contributed by atoms with Crippen LogP contribution in [0.3, 0.4) is 0 Å². The van der Waals surface area contributed by atoms with Crippen LogP contribution >= 0.6 is 11.9 Å². The lowest BCUT2D eigenvalue weighted by molar-refractivity contribution is -0.141. The van der Waals surface area contributed by atoms with Gasteiger partial charge in [-0.2, -0.15) is 10.2 Å². The zero-order valence-corrected chi connectivity index (χ0v) is 26.7. The monoisotopic (exact) mass is 606 g/mol. The topological polar surface area (TPSA) is 110 Å². The number of carbonyl (C=O) groups is 1. The molecule has 0 radical (unpaired) electrons. The molecule has 2 aliphatic heterocycles. The lowest BCUT2D eigenvalue weighted by atomic mass is 9.80. The maximum atomic E-state index is 11.6. The summed E-state index contributed by atoms with van der Waals surface area (Å²) in [6.45, 7) is 10.4. The highest BCUT2D eigenvalue weighted by Gasteiger charge is 2.33. The maximum absolute atomic E-state index is 11.6. The molecule has 1 atom stereocenters. The first kappa shape index (κ1) is 31.3. The molecule has 4 heterocycles. The van der Waals surface area contributed by atoms with Crippen LogP contribution in [0.25, 0.3) is 0 Å². The number of carboxylic acids is 1. The number of nitrogens with one attached hydrogen (secondary N) is 1. The average Bonchev–Trinajstić information content (AvgIpc) is 3.83. The number of rotatable bonds is 13. The Morgan fingerprint density at radius 1 is 1.19 bits per heavy atom. The molecule has 3 aliphatic rings. The van der Waals surface area contributed by atoms with Crippen LogP contribution in [0.5, 0.6) is 0 Å². The molecule has 0 spiro atoms. The number of nitrogens with zero attached hydrogens (tertiary/aromatic N) is 7. The van der Waals surface area contributed by atoms with E-state index < -0.39 is 5.97 Å². The van der Waals surface area contributed by atoms with Crippen molar-refractivity contribution < 1.29 is 9.90 Å². The molecule has 1 saturated carbocycles. The fourth-order valence-corrected chi connectivity index (χ4v) is 7.02. The highest BCUT2D eigenvalue weighted by molar-refractivity contribution is 8.01. The van der Waals surface area contributed by atoms with Gasteiger partial charge in [-0.3, -0.25) is 4.79 Å². The van der Waals surface area contributed by atoms with Crippen LogP contribution in [-0.4, -0.2) is 90.4 Å². The molecule has 0 amide bonds. The zero-order chi connectivity index (χ0) is 30.4. The first-order chi connectivity index (χ1) is 20.7. The van der Waals surface area contributed by atoms with Gasteiger partial charge in [0.05, 0.1) is 11.6 Å². The lowest BCUT2D eigenvalue weighted by Crippen LogP contribution is -2.44. The molecule has 2 aromatic rings. The number of piperidine rings is 2. The van der Waals surface area contributed by atoms with Crippen LogP contribution in [0.1, 0.15) is 63.0 Å². The summed E-state index contributed by atoms with van der Waals surface area (Å²) >= 11 is 1.77. The lowest BCUT2D eigenvalue weighted by Gasteiger charge is -2.42. The van der Waals surface area contributed by atoms with E-state index in [-0.39, 0.29) is 11.3 Å². The molecule has 1 aliphatic carbocycles. The van der Waals surface area contributed by atoms with Crippen LogP contribution in [0.15, 0.2) is 40.7 Å². The van der Waals surface area contributed by atoms with Gasteiger partial charge in [-0.05, 0) is 113 Å². The number of pyridine rings is 2. The van der Waals surface area contributed by atoms with Crippen molar-refractivity contribution in [3.05, 3.63) is 41.6 Å². The number of aliphatic carboxylic acids is 1. The SMILES string of the molecule is C=N/N=C(\CCc1ccnc(N2CCCC(C(=O)O)C2)c1)c1ccc(NSC2CC2)nc1N1CCC(C)(CN(C)C)CC1. The minimum absolute atomic E-state index is 0.287. The molecule has 2 aromatic heterocycles. The van der Waals surface area contributed by atoms with Crippen LogP contribution in [-0.2, 0) is 11.2 Å². The van der Waals surface area contributed by atoms with Gasteiger partial charge in [0.25, 0.3) is 0 Å². The molecule has 1 unspecified atom stereocenters. The van der Waals surface area contributed by atoms with Crippen molar-refractivity contribution >= 4 is 47.8 Å². The Hall–Kier alpha value is -3.18. The number of anilines is 3. The van der Waals surface area contributed by atoms with Gasteiger partial charge in [-0.15, -0.1) is 0 Å². The third-order valence-electron chi connectivity index (χ3n) is 8.76. The highest BCUT2D eigenvalue weighted by atomic mass is 32.2. The summed E-state index contributed by atoms with van der Waals surface area (Å²) in [6.07, 6.45) is 9.54. The summed E-state index contributed by atoms with van der Waals surface area (Å²) in [7, 11) is 4.31. The van der Waals surface area contributed by atoms with Crippen molar-refractivity contribution in [3.63, 3.8) is 0 Å². The van der Waals surface area contributed by atoms with Crippen LogP contribution in [0.4, 0.5) is 17.5 Å². The number of carboxylic acid groups (broad SMARTS) is 1. The van der Waals surface area contributed by atoms with E-state index in [9.17, 15) is 9.90 Å². The van der Waals surface area contributed by atoms with Crippen molar-refractivity contribution in [2.24, 2.45) is 21.5 Å². The van der Waals surface area contributed by atoms with Gasteiger partial charge in [-0.1, -0.05) is 6.92 Å². The average molecular weight is 607 g/mol. The van der Waals surface area contributed by atoms with Crippen molar-refractivity contribution in [2.45, 2.75) is 63.5 Å². The molecule has 0 aromatic carbocycles. The summed E-state index contributed by atoms with van der Waals surface area (Å²) in [5.74, 6) is 1.59. The largest absolute Gasteiger partial charge is 0.481 e. The Bertz CT molecular complexity index is 1310. The molecule has 2 N–H and O–H groups in total. The van der Waals surface area contributed by atoms with Gasteiger partial charge in [0.2, 0.25) is 0 Å². The standard InChI is InChI=1S/C32H46N8O2S/c1-32(22-38(3)4)14-18-39(19-15-32)30-26(10-12-28(35-30)37-43-25-8-9-25)27(36-33-2)11-7-23-13-16-34-29(20-23)40-17-5-6-24(21-40)31(41)42/h10,12-13,16,20,24-25H,2,5-9,11,14-15,17-19,21-22H2,1,3-4H3,(H,35,37)(H,41,42)/b36-27+. The Morgan fingerprint density at radius 3 is 2.67 bits per heavy atom. The van der Waals surface area contributed by atoms with E-state index in [1.807, 2.05) is 18.3 Å². The van der Waals surface area contributed by atoms with Crippen molar-refractivity contribution in [3.8, 4) is 0 Å². The minimum Gasteiger partial charge on any atom is -0.481 e. The van der Waals surface area contributed by atoms with Crippen molar-refractivity contribution in [2.75, 3.05) is 61.3 Å². The predicted octanol–water partition coefficient (Wildman–Crippen LogP) is 5.21. The molecule has 2 saturated heterocycles. The molecule has 43 heavy (non-hydrogen) atoms. The summed E-state index contributed by atoms with van der Waals surface area (Å²) in [5.41, 5.74) is 3.28. The van der Waals surface area contributed by atoms with Gasteiger partial charge in [0.15, 0.2) is 0 Å². The first-order valence-corrected chi connectivity index (χ1v) is 16.4. The molecular weight excluding hydrogens is 560 g/mol. The van der Waals surface area contributed by atoms with Gasteiger partial charge in [0, 0.05) is 56.5 Å². The quantitative estimate of drug-likeness (QED) is 0.181. The number of aryl methyl sites for hydroxylation is 1. The summed E-state index contributed by atoms with van der Waals surface area (Å²) in [5, 5.41) is 18.7. The van der Waals surface area contributed by atoms with E-state index in [0.29, 0.717) is 18.2 Å². The minimum atomic E-state index is -0.730. The smallest absolute Gasteiger partial charge is 0.308 e. The second kappa shape index (κ2) is 14.1. The van der Waals surface area contributed by atoms with E-state index >= 15 is 0 Å². The number of hydrogen-bond donors (Lipinski definition) is 2. The Kier molecular flexibility index (Phi) is 10.2. The number of hydrogen-bond acceptors (Lipinski definition) is 10. The highest BCUT2D eigenvalue weighted by Crippen LogP contribution is 2.37. The second-order valence-electron chi connectivity index (χ2n) is 12.9. The fourth-order valence-electron chi connectivity index (χ4n) is 6.24. The van der Waals surface area contributed by atoms with Crippen molar-refractivity contribution in [1.82, 2.24) is 14.9 Å². The molecule has 0 bridgehead atoms. The predicted molar refractivity (Wildman–Crippen MR) is 178 cm³/mol. The van der Waals surface area contributed by atoms with Crippen LogP contribution < -0.4 is 14.5 Å². The van der Waals surface area contributed by atoms with Gasteiger partial charge in [-0.25, -0.2) is 9.97 Å². The van der Waals surface area contributed by atoms with E-state index in [4.69, 9.17) is 4.98 Å². The Labute approximate surface area is 260 Å². The third kappa shape index (κ3) is 8.47. The van der Waals surface area contributed by atoms with Crippen molar-refractivity contribution in [1.29, 1.82) is 0 Å². The van der Waals surface area contributed by atoms with Gasteiger partial charge < -0.3 is 24.5 Å². The van der Waals surface area contributed by atoms with E-state index in [1.165, 1.54) is 12.8 Å². The Balaban J connectivity index is 1.34. The maximum Gasteiger partial charge on any atom is 0.308 e. The van der Waals surface area contributed by atoms with Crippen LogP contribution in [0, 0.1) is 11.3 Å². The van der Waals surface area contributed by atoms with E-state index in [1.54, 1.807) is 11.9 Å². The summed E-state index contributed by atoms with van der Waals surface area (Å²) in [6, 6.07) is 8.29. The number of aromatic nitrogens is 2. The summed E-state index contributed by atoms with van der Waals surface area (Å²) < 4.78 is 3.48. The zero-order valence-electron chi connectivity index (χ0n) is 25.8. The molecule has 10 nitrogen and oxygen atoms in total. The van der Waals surface area contributed by atoms with Crippen LogP contribution in [0.2, 0.25) is 0 Å². The summed E-state index contributed by atoms with van der Waals surface area (Å²) in [4.78, 5) is 28.1. The third-order valence-corrected chi connectivity index (χ3v) is 9.89. The van der Waals surface area contributed by atoms with Gasteiger partial charge in [0.1, 0.15) is 17.5 Å². The normalized spacial score (nSPS) is 20.7. The molecule has 11 heteroatoms. The first-order valence-electron chi connectivity index (χ1n) is 15.5. The van der Waals surface area contributed by atoms with E-state index in [2.05, 4.69) is 74.5 Å². The fraction of sp³-hybridized carbons (Fsp3) is 0.594. The molecule has 232 valence electrons. The second-order valence-corrected chi connectivity index (χ2v) is 14.0.